The van der Waals surface area contributed by atoms with E-state index in [9.17, 15) is 9.59 Å². The van der Waals surface area contributed by atoms with E-state index in [0.717, 1.165) is 18.4 Å². The molecule has 3 N–H and O–H groups in total. The number of amides is 2. The second-order valence-corrected chi connectivity index (χ2v) is 5.56. The monoisotopic (exact) mass is 292 g/mol. The second-order valence-electron chi connectivity index (χ2n) is 5.56. The maximum Gasteiger partial charge on any atom is 0.337 e. The summed E-state index contributed by atoms with van der Waals surface area (Å²) in [5.74, 6) is -1.07. The number of anilines is 1. The second kappa shape index (κ2) is 6.13. The summed E-state index contributed by atoms with van der Waals surface area (Å²) in [4.78, 5) is 23.1. The van der Waals surface area contributed by atoms with Crippen LogP contribution < -0.4 is 10.6 Å². The van der Waals surface area contributed by atoms with E-state index in [1.165, 1.54) is 6.07 Å². The molecule has 0 aliphatic carbocycles. The maximum absolute atomic E-state index is 11.9. The van der Waals surface area contributed by atoms with Crippen molar-refractivity contribution in [2.75, 3.05) is 18.5 Å². The Morgan fingerprint density at radius 1 is 1.43 bits per heavy atom. The van der Waals surface area contributed by atoms with Crippen LogP contribution in [0.3, 0.4) is 0 Å². The van der Waals surface area contributed by atoms with Crippen LogP contribution in [0.1, 0.15) is 35.7 Å². The molecule has 1 fully saturated rings. The van der Waals surface area contributed by atoms with Crippen molar-refractivity contribution in [2.45, 2.75) is 32.3 Å². The predicted octanol–water partition coefficient (Wildman–Crippen LogP) is 2.38. The first-order chi connectivity index (χ1) is 9.89. The fourth-order valence-corrected chi connectivity index (χ4v) is 2.35. The van der Waals surface area contributed by atoms with Crippen LogP contribution in [0.25, 0.3) is 0 Å². The van der Waals surface area contributed by atoms with Crippen molar-refractivity contribution in [3.8, 4) is 0 Å². The zero-order valence-corrected chi connectivity index (χ0v) is 12.2. The normalized spacial score (nSPS) is 21.0. The summed E-state index contributed by atoms with van der Waals surface area (Å²) in [6.45, 7) is 4.86. The fourth-order valence-electron chi connectivity index (χ4n) is 2.35. The SMILES string of the molecule is Cc1ccc(NC(=O)NCC2(C)CCCO2)c(C(=O)O)c1. The number of aryl methyl sites for hydroxylation is 1. The summed E-state index contributed by atoms with van der Waals surface area (Å²) in [5.41, 5.74) is 0.849. The van der Waals surface area contributed by atoms with Crippen LogP contribution in [-0.2, 0) is 4.74 Å². The summed E-state index contributed by atoms with van der Waals surface area (Å²) in [5, 5.41) is 14.5. The van der Waals surface area contributed by atoms with E-state index < -0.39 is 12.0 Å². The average molecular weight is 292 g/mol. The van der Waals surface area contributed by atoms with E-state index >= 15 is 0 Å². The van der Waals surface area contributed by atoms with Gasteiger partial charge in [0.05, 0.1) is 16.9 Å². The molecular formula is C15H20N2O4. The van der Waals surface area contributed by atoms with Crippen LogP contribution in [0.4, 0.5) is 10.5 Å². The molecule has 21 heavy (non-hydrogen) atoms. The fraction of sp³-hybridized carbons (Fsp3) is 0.467. The van der Waals surface area contributed by atoms with Gasteiger partial charge in [0.15, 0.2) is 0 Å². The molecule has 1 heterocycles. The van der Waals surface area contributed by atoms with Crippen LogP contribution in [0.5, 0.6) is 0 Å². The molecule has 1 aromatic carbocycles. The molecule has 0 saturated carbocycles. The number of urea groups is 1. The molecule has 1 aliphatic heterocycles. The largest absolute Gasteiger partial charge is 0.478 e. The van der Waals surface area contributed by atoms with Gasteiger partial charge in [0.1, 0.15) is 0 Å². The van der Waals surface area contributed by atoms with Gasteiger partial charge >= 0.3 is 12.0 Å². The van der Waals surface area contributed by atoms with Crippen LogP contribution in [0.2, 0.25) is 0 Å². The summed E-state index contributed by atoms with van der Waals surface area (Å²) in [7, 11) is 0. The van der Waals surface area contributed by atoms with Gasteiger partial charge in [-0.3, -0.25) is 0 Å². The van der Waals surface area contributed by atoms with Crippen LogP contribution in [0.15, 0.2) is 18.2 Å². The summed E-state index contributed by atoms with van der Waals surface area (Å²) in [6.07, 6.45) is 1.89. The first-order valence-electron chi connectivity index (χ1n) is 6.92. The van der Waals surface area contributed by atoms with E-state index in [-0.39, 0.29) is 16.9 Å². The molecule has 1 aliphatic rings. The number of carboxylic acids is 1. The Bertz CT molecular complexity index is 551. The molecule has 1 saturated heterocycles. The molecule has 0 radical (unpaired) electrons. The molecule has 6 nitrogen and oxygen atoms in total. The van der Waals surface area contributed by atoms with Crippen LogP contribution in [-0.4, -0.2) is 35.9 Å². The third kappa shape index (κ3) is 3.95. The van der Waals surface area contributed by atoms with Crippen LogP contribution in [0, 0.1) is 6.92 Å². The molecule has 0 aromatic heterocycles. The lowest BCUT2D eigenvalue weighted by atomic mass is 10.0. The Hall–Kier alpha value is -2.08. The van der Waals surface area contributed by atoms with Gasteiger partial charge in [-0.1, -0.05) is 11.6 Å². The number of hydrogen-bond donors (Lipinski definition) is 3. The molecule has 1 unspecified atom stereocenters. The highest BCUT2D eigenvalue weighted by Gasteiger charge is 2.30. The van der Waals surface area contributed by atoms with Gasteiger partial charge in [-0.05, 0) is 38.8 Å². The number of nitrogens with one attached hydrogen (secondary N) is 2. The van der Waals surface area contributed by atoms with Gasteiger partial charge in [0.25, 0.3) is 0 Å². The Morgan fingerprint density at radius 3 is 2.81 bits per heavy atom. The minimum absolute atomic E-state index is 0.0773. The molecule has 0 spiro atoms. The van der Waals surface area contributed by atoms with Crippen molar-refractivity contribution in [2.24, 2.45) is 0 Å². The van der Waals surface area contributed by atoms with Gasteiger partial charge in [0.2, 0.25) is 0 Å². The lowest BCUT2D eigenvalue weighted by molar-refractivity contribution is 0.0232. The Balaban J connectivity index is 1.98. The van der Waals surface area contributed by atoms with Gasteiger partial charge in [0, 0.05) is 13.2 Å². The average Bonchev–Trinajstić information content (AvgIpc) is 2.86. The van der Waals surface area contributed by atoms with Gasteiger partial charge < -0.3 is 20.5 Å². The smallest absolute Gasteiger partial charge is 0.337 e. The Kier molecular flexibility index (Phi) is 4.47. The van der Waals surface area contributed by atoms with Gasteiger partial charge in [-0.25, -0.2) is 9.59 Å². The zero-order chi connectivity index (χ0) is 15.5. The highest BCUT2D eigenvalue weighted by atomic mass is 16.5. The minimum atomic E-state index is -1.07. The van der Waals surface area contributed by atoms with E-state index in [1.807, 2.05) is 6.92 Å². The molecule has 6 heteroatoms. The first-order valence-corrected chi connectivity index (χ1v) is 6.92. The Labute approximate surface area is 123 Å². The van der Waals surface area contributed by atoms with Crippen molar-refractivity contribution in [1.82, 2.24) is 5.32 Å². The number of carboxylic acid groups (broad SMARTS) is 1. The van der Waals surface area contributed by atoms with Gasteiger partial charge in [-0.2, -0.15) is 0 Å². The quantitative estimate of drug-likeness (QED) is 0.795. The molecule has 0 bridgehead atoms. The summed E-state index contributed by atoms with van der Waals surface area (Å²) >= 11 is 0. The minimum Gasteiger partial charge on any atom is -0.478 e. The maximum atomic E-state index is 11.9. The number of hydrogen-bond acceptors (Lipinski definition) is 3. The van der Waals surface area contributed by atoms with E-state index in [2.05, 4.69) is 10.6 Å². The predicted molar refractivity (Wildman–Crippen MR) is 78.8 cm³/mol. The molecule has 114 valence electrons. The number of ether oxygens (including phenoxy) is 1. The molecule has 2 amide bonds. The highest BCUT2D eigenvalue weighted by molar-refractivity contribution is 6.00. The third-order valence-electron chi connectivity index (χ3n) is 3.58. The van der Waals surface area contributed by atoms with Crippen molar-refractivity contribution in [3.63, 3.8) is 0 Å². The number of carbonyl (C=O) groups is 2. The van der Waals surface area contributed by atoms with E-state index in [0.29, 0.717) is 13.2 Å². The topological polar surface area (TPSA) is 87.7 Å². The number of rotatable bonds is 4. The van der Waals surface area contributed by atoms with E-state index in [1.54, 1.807) is 19.1 Å². The molecular weight excluding hydrogens is 272 g/mol. The molecule has 2 rings (SSSR count). The number of benzene rings is 1. The molecule has 1 atom stereocenters. The van der Waals surface area contributed by atoms with Crippen molar-refractivity contribution in [3.05, 3.63) is 29.3 Å². The van der Waals surface area contributed by atoms with Crippen LogP contribution >= 0.6 is 0 Å². The highest BCUT2D eigenvalue weighted by Crippen LogP contribution is 2.24. The van der Waals surface area contributed by atoms with Gasteiger partial charge in [-0.15, -0.1) is 0 Å². The first kappa shape index (κ1) is 15.3. The number of carbonyl (C=O) groups excluding carboxylic acids is 1. The lowest BCUT2D eigenvalue weighted by Gasteiger charge is -2.23. The van der Waals surface area contributed by atoms with E-state index in [4.69, 9.17) is 9.84 Å². The standard InChI is InChI=1S/C15H20N2O4/c1-10-4-5-12(11(8-10)13(18)19)17-14(20)16-9-15(2)6-3-7-21-15/h4-5,8H,3,6-7,9H2,1-2H3,(H,18,19)(H2,16,17,20). The summed E-state index contributed by atoms with van der Waals surface area (Å²) < 4.78 is 5.58. The van der Waals surface area contributed by atoms with Crippen molar-refractivity contribution >= 4 is 17.7 Å². The zero-order valence-electron chi connectivity index (χ0n) is 12.2. The molecule has 1 aromatic rings. The Morgan fingerprint density at radius 2 is 2.19 bits per heavy atom. The number of aromatic carboxylic acids is 1. The lowest BCUT2D eigenvalue weighted by Crippen LogP contribution is -2.42. The van der Waals surface area contributed by atoms with Crippen molar-refractivity contribution < 1.29 is 19.4 Å². The van der Waals surface area contributed by atoms with Crippen molar-refractivity contribution in [1.29, 1.82) is 0 Å². The third-order valence-corrected chi connectivity index (χ3v) is 3.58. The summed E-state index contributed by atoms with van der Waals surface area (Å²) in [6, 6.07) is 4.44.